The maximum absolute atomic E-state index is 8.38. The quantitative estimate of drug-likeness (QED) is 0.295. The maximum Gasteiger partial charge on any atom is 0.168 e. The van der Waals surface area contributed by atoms with E-state index in [-0.39, 0.29) is 12.1 Å². The zero-order valence-corrected chi connectivity index (χ0v) is 7.77. The van der Waals surface area contributed by atoms with E-state index in [0.29, 0.717) is 0 Å². The van der Waals surface area contributed by atoms with Crippen LogP contribution in [-0.4, -0.2) is 30.0 Å². The largest absolute Gasteiger partial charge is 0.409 e. The van der Waals surface area contributed by atoms with Crippen LogP contribution in [0.4, 0.5) is 0 Å². The van der Waals surface area contributed by atoms with Crippen LogP contribution in [0.15, 0.2) is 5.16 Å². The summed E-state index contributed by atoms with van der Waals surface area (Å²) in [6.45, 7) is 2.46. The molecule has 0 aromatic rings. The molecule has 3 N–H and O–H groups in total. The Morgan fingerprint density at radius 1 is 1.69 bits per heavy atom. The minimum Gasteiger partial charge on any atom is -0.409 e. The SMILES string of the molecule is C[C@H](O[C@H]1CCCCO1)/C(N)=N\O. The standard InChI is InChI=1S/C8H16N2O3/c1-6(8(9)10-11)13-7-4-2-3-5-12-7/h6-7,11H,2-5H2,1H3,(H2,9,10)/t6-,7-/m0/s1. The molecule has 13 heavy (non-hydrogen) atoms. The molecule has 76 valence electrons. The van der Waals surface area contributed by atoms with E-state index in [0.717, 1.165) is 25.9 Å². The molecule has 0 spiro atoms. The highest BCUT2D eigenvalue weighted by Gasteiger charge is 2.19. The number of hydrogen-bond acceptors (Lipinski definition) is 4. The first-order chi connectivity index (χ1) is 6.24. The fourth-order valence-electron chi connectivity index (χ4n) is 1.20. The van der Waals surface area contributed by atoms with Gasteiger partial charge >= 0.3 is 0 Å². The first-order valence-corrected chi connectivity index (χ1v) is 4.48. The lowest BCUT2D eigenvalue weighted by atomic mass is 10.2. The summed E-state index contributed by atoms with van der Waals surface area (Å²) < 4.78 is 10.7. The number of ether oxygens (including phenoxy) is 2. The zero-order valence-electron chi connectivity index (χ0n) is 7.77. The Balaban J connectivity index is 2.30. The van der Waals surface area contributed by atoms with Crippen LogP contribution in [0.2, 0.25) is 0 Å². The topological polar surface area (TPSA) is 77.1 Å². The number of nitrogens with two attached hydrogens (primary N) is 1. The van der Waals surface area contributed by atoms with Gasteiger partial charge in [-0.05, 0) is 26.2 Å². The van der Waals surface area contributed by atoms with Crippen LogP contribution in [0.25, 0.3) is 0 Å². The van der Waals surface area contributed by atoms with Gasteiger partial charge < -0.3 is 20.4 Å². The highest BCUT2D eigenvalue weighted by Crippen LogP contribution is 2.15. The average molecular weight is 188 g/mol. The normalized spacial score (nSPS) is 27.2. The third kappa shape index (κ3) is 3.20. The molecule has 0 amide bonds. The monoisotopic (exact) mass is 188 g/mol. The highest BCUT2D eigenvalue weighted by atomic mass is 16.7. The Labute approximate surface area is 77.5 Å². The van der Waals surface area contributed by atoms with Gasteiger partial charge in [-0.25, -0.2) is 0 Å². The molecule has 0 unspecified atom stereocenters. The molecular weight excluding hydrogens is 172 g/mol. The Hall–Kier alpha value is -0.810. The summed E-state index contributed by atoms with van der Waals surface area (Å²) in [4.78, 5) is 0. The lowest BCUT2D eigenvalue weighted by Crippen LogP contribution is -2.34. The first-order valence-electron chi connectivity index (χ1n) is 4.48. The Kier molecular flexibility index (Phi) is 3.98. The van der Waals surface area contributed by atoms with Crippen molar-refractivity contribution in [1.29, 1.82) is 0 Å². The molecule has 5 heteroatoms. The van der Waals surface area contributed by atoms with Crippen LogP contribution in [0.5, 0.6) is 0 Å². The van der Waals surface area contributed by atoms with E-state index in [4.69, 9.17) is 20.4 Å². The maximum atomic E-state index is 8.38. The van der Waals surface area contributed by atoms with Gasteiger partial charge in [-0.3, -0.25) is 0 Å². The van der Waals surface area contributed by atoms with E-state index in [2.05, 4.69) is 5.16 Å². The lowest BCUT2D eigenvalue weighted by molar-refractivity contribution is -0.171. The zero-order chi connectivity index (χ0) is 9.68. The van der Waals surface area contributed by atoms with Crippen LogP contribution >= 0.6 is 0 Å². The lowest BCUT2D eigenvalue weighted by Gasteiger charge is -2.25. The average Bonchev–Trinajstić information content (AvgIpc) is 2.18. The summed E-state index contributed by atoms with van der Waals surface area (Å²) in [6.07, 6.45) is 2.46. The van der Waals surface area contributed by atoms with Crippen molar-refractivity contribution in [3.05, 3.63) is 0 Å². The van der Waals surface area contributed by atoms with Gasteiger partial charge in [0.1, 0.15) is 6.10 Å². The van der Waals surface area contributed by atoms with Crippen molar-refractivity contribution < 1.29 is 14.7 Å². The number of amidine groups is 1. The minimum absolute atomic E-state index is 0.0779. The van der Waals surface area contributed by atoms with E-state index in [1.165, 1.54) is 0 Å². The predicted molar refractivity (Wildman–Crippen MR) is 47.5 cm³/mol. The molecule has 0 aliphatic carbocycles. The van der Waals surface area contributed by atoms with E-state index >= 15 is 0 Å². The number of rotatable bonds is 3. The second-order valence-corrected chi connectivity index (χ2v) is 3.10. The van der Waals surface area contributed by atoms with Crippen LogP contribution in [0.1, 0.15) is 26.2 Å². The molecule has 1 heterocycles. The number of nitrogens with zero attached hydrogens (tertiary/aromatic N) is 1. The molecule has 1 saturated heterocycles. The van der Waals surface area contributed by atoms with Crippen molar-refractivity contribution in [3.8, 4) is 0 Å². The van der Waals surface area contributed by atoms with Crippen molar-refractivity contribution >= 4 is 5.84 Å². The summed E-state index contributed by atoms with van der Waals surface area (Å²) in [6, 6.07) is 0. The van der Waals surface area contributed by atoms with Gasteiger partial charge in [0.2, 0.25) is 0 Å². The van der Waals surface area contributed by atoms with Crippen LogP contribution in [0.3, 0.4) is 0 Å². The fourth-order valence-corrected chi connectivity index (χ4v) is 1.20. The fraction of sp³-hybridized carbons (Fsp3) is 0.875. The highest BCUT2D eigenvalue weighted by molar-refractivity contribution is 5.83. The molecule has 1 fully saturated rings. The van der Waals surface area contributed by atoms with Gasteiger partial charge in [0.15, 0.2) is 12.1 Å². The Morgan fingerprint density at radius 2 is 2.46 bits per heavy atom. The van der Waals surface area contributed by atoms with Crippen molar-refractivity contribution in [2.75, 3.05) is 6.61 Å². The van der Waals surface area contributed by atoms with Crippen LogP contribution in [0, 0.1) is 0 Å². The van der Waals surface area contributed by atoms with Gasteiger partial charge in [0.05, 0.1) is 0 Å². The van der Waals surface area contributed by atoms with Crippen LogP contribution in [-0.2, 0) is 9.47 Å². The second kappa shape index (κ2) is 5.04. The van der Waals surface area contributed by atoms with Gasteiger partial charge in [-0.15, -0.1) is 0 Å². The molecule has 0 bridgehead atoms. The molecule has 1 aliphatic heterocycles. The van der Waals surface area contributed by atoms with Crippen LogP contribution < -0.4 is 5.73 Å². The van der Waals surface area contributed by atoms with E-state index in [1.807, 2.05) is 0 Å². The first kappa shape index (κ1) is 10.3. The summed E-state index contributed by atoms with van der Waals surface area (Å²) in [5.41, 5.74) is 5.35. The molecule has 5 nitrogen and oxygen atoms in total. The summed E-state index contributed by atoms with van der Waals surface area (Å²) >= 11 is 0. The van der Waals surface area contributed by atoms with E-state index in [1.54, 1.807) is 6.92 Å². The molecular formula is C8H16N2O3. The van der Waals surface area contributed by atoms with Crippen molar-refractivity contribution in [3.63, 3.8) is 0 Å². The summed E-state index contributed by atoms with van der Waals surface area (Å²) in [7, 11) is 0. The third-order valence-electron chi connectivity index (χ3n) is 2.03. The third-order valence-corrected chi connectivity index (χ3v) is 2.03. The molecule has 0 aromatic heterocycles. The van der Waals surface area contributed by atoms with E-state index in [9.17, 15) is 0 Å². The van der Waals surface area contributed by atoms with Crippen molar-refractivity contribution in [2.45, 2.75) is 38.6 Å². The minimum atomic E-state index is -0.395. The molecule has 1 aliphatic rings. The van der Waals surface area contributed by atoms with Crippen molar-refractivity contribution in [2.24, 2.45) is 10.9 Å². The Morgan fingerprint density at radius 3 is 3.00 bits per heavy atom. The molecule has 0 aromatic carbocycles. The van der Waals surface area contributed by atoms with Gasteiger partial charge in [-0.2, -0.15) is 0 Å². The smallest absolute Gasteiger partial charge is 0.168 e. The number of hydrogen-bond donors (Lipinski definition) is 2. The number of oxime groups is 1. The van der Waals surface area contributed by atoms with Crippen molar-refractivity contribution in [1.82, 2.24) is 0 Å². The predicted octanol–water partition coefficient (Wildman–Crippen LogP) is 0.665. The Bertz CT molecular complexity index is 178. The molecule has 2 atom stereocenters. The molecule has 1 rings (SSSR count). The van der Waals surface area contributed by atoms with Gasteiger partial charge in [-0.1, -0.05) is 5.16 Å². The summed E-state index contributed by atoms with van der Waals surface area (Å²) in [5, 5.41) is 11.2. The molecule has 0 radical (unpaired) electrons. The summed E-state index contributed by atoms with van der Waals surface area (Å²) in [5.74, 6) is 0.0779. The molecule has 0 saturated carbocycles. The van der Waals surface area contributed by atoms with Gasteiger partial charge in [0, 0.05) is 6.61 Å². The van der Waals surface area contributed by atoms with E-state index < -0.39 is 6.10 Å². The second-order valence-electron chi connectivity index (χ2n) is 3.10. The van der Waals surface area contributed by atoms with Gasteiger partial charge in [0.25, 0.3) is 0 Å².